The number of fused-ring (bicyclic) bond motifs is 1. The number of hydrogen-bond donors (Lipinski definition) is 1. The predicted octanol–water partition coefficient (Wildman–Crippen LogP) is 2.87. The maximum absolute atomic E-state index is 13.2. The Morgan fingerprint density at radius 3 is 2.47 bits per heavy atom. The number of carbonyl (C=O) groups excluding carboxylic acids is 1. The maximum atomic E-state index is 13.2. The van der Waals surface area contributed by atoms with Crippen molar-refractivity contribution in [1.82, 2.24) is 19.1 Å². The van der Waals surface area contributed by atoms with Gasteiger partial charge in [-0.1, -0.05) is 17.7 Å². The molecule has 1 fully saturated rings. The van der Waals surface area contributed by atoms with E-state index < -0.39 is 21.4 Å². The zero-order valence-electron chi connectivity index (χ0n) is 22.0. The summed E-state index contributed by atoms with van der Waals surface area (Å²) in [6.07, 6.45) is 2.30. The highest BCUT2D eigenvalue weighted by Crippen LogP contribution is 2.21. The largest absolute Gasteiger partial charge is 0.369 e. The second kappa shape index (κ2) is 11.9. The molecule has 2 aromatic carbocycles. The van der Waals surface area contributed by atoms with Gasteiger partial charge in [-0.05, 0) is 56.3 Å². The van der Waals surface area contributed by atoms with Crippen LogP contribution in [0.3, 0.4) is 0 Å². The molecule has 11 heteroatoms. The van der Waals surface area contributed by atoms with Crippen LogP contribution in [0.2, 0.25) is 5.02 Å². The van der Waals surface area contributed by atoms with E-state index in [1.807, 2.05) is 25.1 Å². The molecule has 0 unspecified atom stereocenters. The van der Waals surface area contributed by atoms with Gasteiger partial charge in [0.25, 0.3) is 5.91 Å². The summed E-state index contributed by atoms with van der Waals surface area (Å²) in [5, 5.41) is 3.81. The van der Waals surface area contributed by atoms with Gasteiger partial charge in [0.2, 0.25) is 15.5 Å². The molecule has 0 bridgehead atoms. The highest BCUT2D eigenvalue weighted by molar-refractivity contribution is 7.89. The highest BCUT2D eigenvalue weighted by atomic mass is 35.5. The molecule has 0 spiro atoms. The van der Waals surface area contributed by atoms with E-state index in [0.29, 0.717) is 18.6 Å². The number of amides is 1. The number of benzene rings is 2. The Hall–Kier alpha value is -2.92. The minimum Gasteiger partial charge on any atom is -0.369 e. The first kappa shape index (κ1) is 28.1. The molecule has 1 N–H and O–H groups in total. The van der Waals surface area contributed by atoms with Gasteiger partial charge in [0.05, 0.1) is 10.4 Å². The molecule has 38 heavy (non-hydrogen) atoms. The van der Waals surface area contributed by atoms with Crippen molar-refractivity contribution in [2.24, 2.45) is 0 Å². The Morgan fingerprint density at radius 2 is 1.82 bits per heavy atom. The van der Waals surface area contributed by atoms with Gasteiger partial charge in [-0.25, -0.2) is 12.7 Å². The first-order valence-electron chi connectivity index (χ1n) is 12.7. The fourth-order valence-corrected chi connectivity index (χ4v) is 5.79. The molecular weight excluding hydrogens is 526 g/mol. The Bertz CT molecular complexity index is 1480. The second-order valence-corrected chi connectivity index (χ2v) is 12.1. The van der Waals surface area contributed by atoms with Crippen molar-refractivity contribution >= 4 is 44.1 Å². The molecule has 1 aromatic heterocycles. The molecule has 1 aliphatic heterocycles. The van der Waals surface area contributed by atoms with E-state index in [4.69, 9.17) is 11.6 Å². The van der Waals surface area contributed by atoms with Gasteiger partial charge in [0.15, 0.2) is 0 Å². The lowest BCUT2D eigenvalue weighted by Gasteiger charge is -2.36. The van der Waals surface area contributed by atoms with Crippen molar-refractivity contribution in [3.05, 3.63) is 69.5 Å². The third kappa shape index (κ3) is 6.04. The van der Waals surface area contributed by atoms with E-state index >= 15 is 0 Å². The molecule has 0 atom stereocenters. The molecular formula is C27H34ClN5O4S. The van der Waals surface area contributed by atoms with E-state index in [0.717, 1.165) is 54.2 Å². The Balaban J connectivity index is 1.38. The van der Waals surface area contributed by atoms with Gasteiger partial charge in [-0.2, -0.15) is 0 Å². The van der Waals surface area contributed by atoms with Gasteiger partial charge >= 0.3 is 0 Å². The fourth-order valence-electron chi connectivity index (χ4n) is 4.67. The first-order valence-corrected chi connectivity index (χ1v) is 14.5. The fraction of sp³-hybridized carbons (Fsp3) is 0.407. The molecule has 1 aliphatic rings. The lowest BCUT2D eigenvalue weighted by Crippen LogP contribution is -2.47. The SMILES string of the molecule is CCn1cc(C(=O)NCCCN2CCN(c3cccc(Cl)c3)CC2)c(=O)c2cc(S(=O)(=O)N(C)C)ccc21. The van der Waals surface area contributed by atoms with Gasteiger partial charge < -0.3 is 14.8 Å². The zero-order chi connectivity index (χ0) is 27.4. The number of piperazine rings is 1. The van der Waals surface area contributed by atoms with E-state index in [-0.39, 0.29) is 15.8 Å². The average Bonchev–Trinajstić information content (AvgIpc) is 2.91. The molecule has 204 valence electrons. The Labute approximate surface area is 228 Å². The number of nitrogens with one attached hydrogen (secondary N) is 1. The summed E-state index contributed by atoms with van der Waals surface area (Å²) in [6.45, 7) is 7.37. The third-order valence-electron chi connectivity index (χ3n) is 6.90. The van der Waals surface area contributed by atoms with Crippen molar-refractivity contribution in [2.45, 2.75) is 24.8 Å². The second-order valence-electron chi connectivity index (χ2n) is 9.54. The molecule has 0 radical (unpaired) electrons. The monoisotopic (exact) mass is 559 g/mol. The van der Waals surface area contributed by atoms with Crippen LogP contribution in [-0.2, 0) is 16.6 Å². The molecule has 1 saturated heterocycles. The number of nitrogens with zero attached hydrogens (tertiary/aromatic N) is 4. The van der Waals surface area contributed by atoms with Crippen LogP contribution in [0, 0.1) is 0 Å². The molecule has 1 amide bonds. The van der Waals surface area contributed by atoms with Crippen LogP contribution >= 0.6 is 11.6 Å². The number of hydrogen-bond acceptors (Lipinski definition) is 6. The van der Waals surface area contributed by atoms with Gasteiger partial charge in [-0.3, -0.25) is 14.5 Å². The van der Waals surface area contributed by atoms with Crippen molar-refractivity contribution in [3.63, 3.8) is 0 Å². The number of carbonyl (C=O) groups is 1. The molecule has 4 rings (SSSR count). The zero-order valence-corrected chi connectivity index (χ0v) is 23.6. The molecule has 2 heterocycles. The summed E-state index contributed by atoms with van der Waals surface area (Å²) < 4.78 is 28.1. The Kier molecular flexibility index (Phi) is 8.77. The van der Waals surface area contributed by atoms with Crippen molar-refractivity contribution in [3.8, 4) is 0 Å². The number of halogens is 1. The summed E-state index contributed by atoms with van der Waals surface area (Å²) in [5.41, 5.74) is 1.25. The molecule has 0 aliphatic carbocycles. The van der Waals surface area contributed by atoms with Gasteiger partial charge in [-0.15, -0.1) is 0 Å². The summed E-state index contributed by atoms with van der Waals surface area (Å²) in [4.78, 5) is 30.9. The van der Waals surface area contributed by atoms with Crippen molar-refractivity contribution in [1.29, 1.82) is 0 Å². The summed E-state index contributed by atoms with van der Waals surface area (Å²) in [6, 6.07) is 12.3. The number of pyridine rings is 1. The molecule has 9 nitrogen and oxygen atoms in total. The summed E-state index contributed by atoms with van der Waals surface area (Å²) in [7, 11) is -0.841. The minimum atomic E-state index is -3.72. The van der Waals surface area contributed by atoms with Crippen LogP contribution in [0.15, 0.2) is 58.4 Å². The summed E-state index contributed by atoms with van der Waals surface area (Å²) in [5.74, 6) is -0.453. The Morgan fingerprint density at radius 1 is 1.08 bits per heavy atom. The number of sulfonamides is 1. The molecule has 3 aromatic rings. The topological polar surface area (TPSA) is 95.0 Å². The highest BCUT2D eigenvalue weighted by Gasteiger charge is 2.21. The third-order valence-corrected chi connectivity index (χ3v) is 8.94. The summed E-state index contributed by atoms with van der Waals surface area (Å²) >= 11 is 6.12. The van der Waals surface area contributed by atoms with Crippen molar-refractivity contribution in [2.75, 3.05) is 58.3 Å². The van der Waals surface area contributed by atoms with E-state index in [1.54, 1.807) is 16.8 Å². The lowest BCUT2D eigenvalue weighted by atomic mass is 10.1. The van der Waals surface area contributed by atoms with Crippen LogP contribution in [0.5, 0.6) is 0 Å². The van der Waals surface area contributed by atoms with E-state index in [9.17, 15) is 18.0 Å². The van der Waals surface area contributed by atoms with Crippen LogP contribution in [0.25, 0.3) is 10.9 Å². The number of rotatable bonds is 9. The average molecular weight is 560 g/mol. The predicted molar refractivity (Wildman–Crippen MR) is 152 cm³/mol. The number of aromatic nitrogens is 1. The van der Waals surface area contributed by atoms with Gasteiger partial charge in [0.1, 0.15) is 5.56 Å². The van der Waals surface area contributed by atoms with Gasteiger partial charge in [0, 0.05) is 75.7 Å². The first-order chi connectivity index (χ1) is 18.1. The van der Waals surface area contributed by atoms with E-state index in [2.05, 4.69) is 21.2 Å². The maximum Gasteiger partial charge on any atom is 0.256 e. The van der Waals surface area contributed by atoms with Crippen LogP contribution in [0.4, 0.5) is 5.69 Å². The normalized spacial score (nSPS) is 14.8. The standard InChI is InChI=1S/C27H34ClN5O4S/c1-4-32-19-24(26(34)23-18-22(9-10-25(23)32)38(36,37)30(2)3)27(35)29-11-6-12-31-13-15-33(16-14-31)21-8-5-7-20(28)17-21/h5,7-10,17-19H,4,6,11-16H2,1-3H3,(H,29,35). The minimum absolute atomic E-state index is 0.00823. The molecule has 0 saturated carbocycles. The van der Waals surface area contributed by atoms with Crippen molar-refractivity contribution < 1.29 is 13.2 Å². The van der Waals surface area contributed by atoms with Crippen LogP contribution in [-0.4, -0.2) is 81.5 Å². The smallest absolute Gasteiger partial charge is 0.256 e. The van der Waals surface area contributed by atoms with Crippen LogP contribution in [0.1, 0.15) is 23.7 Å². The number of anilines is 1. The lowest BCUT2D eigenvalue weighted by molar-refractivity contribution is 0.0950. The number of aryl methyl sites for hydroxylation is 1. The van der Waals surface area contributed by atoms with E-state index in [1.165, 1.54) is 26.2 Å². The van der Waals surface area contributed by atoms with Crippen LogP contribution < -0.4 is 15.6 Å². The quantitative estimate of drug-likeness (QED) is 0.405.